The zero-order valence-corrected chi connectivity index (χ0v) is 15.2. The maximum atomic E-state index is 12.3. The number of esters is 1. The Balaban J connectivity index is 1.61. The van der Waals surface area contributed by atoms with E-state index in [9.17, 15) is 14.4 Å². The Hall–Kier alpha value is -3.88. The van der Waals surface area contributed by atoms with Gasteiger partial charge < -0.3 is 10.1 Å². The van der Waals surface area contributed by atoms with Crippen LogP contribution in [0.2, 0.25) is 0 Å². The van der Waals surface area contributed by atoms with Gasteiger partial charge in [-0.15, -0.1) is 5.10 Å². The summed E-state index contributed by atoms with van der Waals surface area (Å²) in [5.74, 6) is -1.25. The number of ketones is 1. The van der Waals surface area contributed by atoms with Gasteiger partial charge in [-0.05, 0) is 60.7 Å². The van der Waals surface area contributed by atoms with Gasteiger partial charge in [-0.1, -0.05) is 12.1 Å². The second-order valence-corrected chi connectivity index (χ2v) is 5.98. The Morgan fingerprint density at radius 2 is 1.82 bits per heavy atom. The molecule has 0 bridgehead atoms. The van der Waals surface area contributed by atoms with Gasteiger partial charge in [0.2, 0.25) is 0 Å². The molecule has 1 N–H and O–H groups in total. The summed E-state index contributed by atoms with van der Waals surface area (Å²) in [6.45, 7) is 2.91. The zero-order valence-electron chi connectivity index (χ0n) is 15.2. The summed E-state index contributed by atoms with van der Waals surface area (Å²) in [5.41, 5.74) is 1.89. The summed E-state index contributed by atoms with van der Waals surface area (Å²) in [6, 6.07) is 13.0. The fraction of sp³-hybridized carbons (Fsp3) is 0.158. The number of benzene rings is 2. The predicted octanol–water partition coefficient (Wildman–Crippen LogP) is 2.05. The summed E-state index contributed by atoms with van der Waals surface area (Å²) >= 11 is 0. The van der Waals surface area contributed by atoms with Crippen molar-refractivity contribution in [2.75, 3.05) is 5.32 Å². The first-order valence-corrected chi connectivity index (χ1v) is 8.40. The van der Waals surface area contributed by atoms with Crippen LogP contribution >= 0.6 is 0 Å². The number of tetrazole rings is 1. The zero-order chi connectivity index (χ0) is 20.1. The van der Waals surface area contributed by atoms with E-state index in [-0.39, 0.29) is 11.3 Å². The van der Waals surface area contributed by atoms with Crippen LogP contribution in [0.15, 0.2) is 54.9 Å². The Kier molecular flexibility index (Phi) is 5.54. The van der Waals surface area contributed by atoms with Gasteiger partial charge in [-0.25, -0.2) is 9.48 Å². The van der Waals surface area contributed by atoms with Crippen LogP contribution in [0.4, 0.5) is 5.69 Å². The highest BCUT2D eigenvalue weighted by Gasteiger charge is 2.19. The molecule has 3 aromatic rings. The van der Waals surface area contributed by atoms with Crippen LogP contribution in [0.25, 0.3) is 5.69 Å². The van der Waals surface area contributed by atoms with E-state index in [1.165, 1.54) is 24.9 Å². The molecular weight excluding hydrogens is 362 g/mol. The molecule has 0 unspecified atom stereocenters. The van der Waals surface area contributed by atoms with Crippen LogP contribution in [0.1, 0.15) is 34.6 Å². The number of nitrogens with one attached hydrogen (secondary N) is 1. The smallest absolute Gasteiger partial charge is 0.338 e. The summed E-state index contributed by atoms with van der Waals surface area (Å²) in [5, 5.41) is 13.5. The third kappa shape index (κ3) is 4.44. The summed E-state index contributed by atoms with van der Waals surface area (Å²) < 4.78 is 6.66. The molecule has 0 fully saturated rings. The molecule has 1 aromatic heterocycles. The minimum Gasteiger partial charge on any atom is -0.449 e. The Labute approximate surface area is 160 Å². The van der Waals surface area contributed by atoms with Gasteiger partial charge in [0.1, 0.15) is 6.33 Å². The molecule has 1 heterocycles. The quantitative estimate of drug-likeness (QED) is 0.515. The standard InChI is InChI=1S/C19H17N5O4/c1-12(25)15-4-3-5-16(10-15)21-18(26)13(2)28-19(27)14-6-8-17(9-7-14)24-11-20-22-23-24/h3-11,13H,1-2H3,(H,21,26)/t13-/m0/s1. The van der Waals surface area contributed by atoms with Gasteiger partial charge in [-0.3, -0.25) is 9.59 Å². The fourth-order valence-corrected chi connectivity index (χ4v) is 2.37. The number of hydrogen-bond donors (Lipinski definition) is 1. The minimum absolute atomic E-state index is 0.110. The highest BCUT2D eigenvalue weighted by atomic mass is 16.5. The van der Waals surface area contributed by atoms with Crippen molar-refractivity contribution in [1.82, 2.24) is 20.2 Å². The van der Waals surface area contributed by atoms with Crippen molar-refractivity contribution in [2.24, 2.45) is 0 Å². The molecule has 3 rings (SSSR count). The van der Waals surface area contributed by atoms with Crippen molar-refractivity contribution in [3.05, 3.63) is 66.0 Å². The maximum absolute atomic E-state index is 12.3. The summed E-state index contributed by atoms with van der Waals surface area (Å²) in [4.78, 5) is 36.0. The van der Waals surface area contributed by atoms with Crippen LogP contribution in [0, 0.1) is 0 Å². The van der Waals surface area contributed by atoms with Gasteiger partial charge in [0.15, 0.2) is 11.9 Å². The number of aromatic nitrogens is 4. The molecule has 0 saturated carbocycles. The first-order chi connectivity index (χ1) is 13.4. The largest absolute Gasteiger partial charge is 0.449 e. The summed E-state index contributed by atoms with van der Waals surface area (Å²) in [6.07, 6.45) is 0.411. The highest BCUT2D eigenvalue weighted by Crippen LogP contribution is 2.13. The van der Waals surface area contributed by atoms with E-state index >= 15 is 0 Å². The van der Waals surface area contributed by atoms with Crippen LogP contribution in [0.3, 0.4) is 0 Å². The average Bonchev–Trinajstić information content (AvgIpc) is 3.23. The van der Waals surface area contributed by atoms with E-state index in [2.05, 4.69) is 20.8 Å². The lowest BCUT2D eigenvalue weighted by molar-refractivity contribution is -0.123. The molecule has 0 spiro atoms. The normalized spacial score (nSPS) is 11.5. The lowest BCUT2D eigenvalue weighted by Gasteiger charge is -2.14. The molecule has 9 heteroatoms. The van der Waals surface area contributed by atoms with E-state index in [1.807, 2.05) is 0 Å². The van der Waals surface area contributed by atoms with Crippen LogP contribution in [0.5, 0.6) is 0 Å². The number of Topliss-reactive ketones (excluding diaryl/α,β-unsaturated/α-hetero) is 1. The number of carbonyl (C=O) groups is 3. The number of anilines is 1. The molecule has 0 saturated heterocycles. The molecular formula is C19H17N5O4. The number of ether oxygens (including phenoxy) is 1. The number of rotatable bonds is 6. The topological polar surface area (TPSA) is 116 Å². The first kappa shape index (κ1) is 18.9. The Morgan fingerprint density at radius 1 is 1.07 bits per heavy atom. The molecule has 0 aliphatic heterocycles. The average molecular weight is 379 g/mol. The molecule has 28 heavy (non-hydrogen) atoms. The highest BCUT2D eigenvalue weighted by molar-refractivity contribution is 5.99. The van der Waals surface area contributed by atoms with Crippen LogP contribution < -0.4 is 5.32 Å². The van der Waals surface area contributed by atoms with Crippen molar-refractivity contribution in [3.63, 3.8) is 0 Å². The maximum Gasteiger partial charge on any atom is 0.338 e. The number of amides is 1. The van der Waals surface area contributed by atoms with Crippen molar-refractivity contribution in [1.29, 1.82) is 0 Å². The molecule has 9 nitrogen and oxygen atoms in total. The first-order valence-electron chi connectivity index (χ1n) is 8.40. The van der Waals surface area contributed by atoms with Crippen molar-refractivity contribution in [2.45, 2.75) is 20.0 Å². The van der Waals surface area contributed by atoms with E-state index in [1.54, 1.807) is 48.5 Å². The molecule has 0 radical (unpaired) electrons. The number of carbonyl (C=O) groups excluding carboxylic acids is 3. The predicted molar refractivity (Wildman–Crippen MR) is 99.1 cm³/mol. The second kappa shape index (κ2) is 8.21. The Morgan fingerprint density at radius 3 is 2.46 bits per heavy atom. The Bertz CT molecular complexity index is 999. The van der Waals surface area contributed by atoms with Gasteiger partial charge in [0.25, 0.3) is 5.91 Å². The van der Waals surface area contributed by atoms with Crippen LogP contribution in [-0.2, 0) is 9.53 Å². The molecule has 1 amide bonds. The van der Waals surface area contributed by atoms with E-state index in [0.29, 0.717) is 16.9 Å². The van der Waals surface area contributed by atoms with Crippen molar-refractivity contribution >= 4 is 23.3 Å². The lowest BCUT2D eigenvalue weighted by Crippen LogP contribution is -2.30. The van der Waals surface area contributed by atoms with Gasteiger partial charge >= 0.3 is 5.97 Å². The molecule has 142 valence electrons. The minimum atomic E-state index is -1.02. The van der Waals surface area contributed by atoms with Gasteiger partial charge in [0, 0.05) is 11.3 Å². The molecule has 0 aliphatic carbocycles. The summed E-state index contributed by atoms with van der Waals surface area (Å²) in [7, 11) is 0. The van der Waals surface area contributed by atoms with Gasteiger partial charge in [-0.2, -0.15) is 0 Å². The SMILES string of the molecule is CC(=O)c1cccc(NC(=O)[C@H](C)OC(=O)c2ccc(-n3cnnn3)cc2)c1. The third-order valence-electron chi connectivity index (χ3n) is 3.91. The second-order valence-electron chi connectivity index (χ2n) is 5.98. The monoisotopic (exact) mass is 379 g/mol. The lowest BCUT2D eigenvalue weighted by atomic mass is 10.1. The third-order valence-corrected chi connectivity index (χ3v) is 3.91. The van der Waals surface area contributed by atoms with E-state index < -0.39 is 18.0 Å². The molecule has 1 atom stereocenters. The van der Waals surface area contributed by atoms with Crippen molar-refractivity contribution < 1.29 is 19.1 Å². The van der Waals surface area contributed by atoms with E-state index in [0.717, 1.165) is 0 Å². The fourth-order valence-electron chi connectivity index (χ4n) is 2.37. The number of nitrogens with zero attached hydrogens (tertiary/aromatic N) is 4. The molecule has 0 aliphatic rings. The van der Waals surface area contributed by atoms with Crippen molar-refractivity contribution in [3.8, 4) is 5.69 Å². The molecule has 2 aromatic carbocycles. The number of hydrogen-bond acceptors (Lipinski definition) is 7. The van der Waals surface area contributed by atoms with Crippen LogP contribution in [-0.4, -0.2) is 44.0 Å². The van der Waals surface area contributed by atoms with E-state index in [4.69, 9.17) is 4.74 Å². The van der Waals surface area contributed by atoms with Gasteiger partial charge in [0.05, 0.1) is 11.3 Å².